The van der Waals surface area contributed by atoms with Gasteiger partial charge in [-0.05, 0) is 37.3 Å². The predicted octanol–water partition coefficient (Wildman–Crippen LogP) is 2.43. The Morgan fingerprint density at radius 3 is 2.86 bits per heavy atom. The molecule has 108 valence electrons. The summed E-state index contributed by atoms with van der Waals surface area (Å²) in [4.78, 5) is 11.9. The molecule has 0 radical (unpaired) electrons. The van der Waals surface area contributed by atoms with Crippen molar-refractivity contribution >= 4 is 17.8 Å². The number of amides is 1. The Bertz CT molecular complexity index is 653. The molecule has 0 bridgehead atoms. The highest BCUT2D eigenvalue weighted by molar-refractivity contribution is 5.95. The van der Waals surface area contributed by atoms with Gasteiger partial charge in [0.1, 0.15) is 5.75 Å². The normalized spacial score (nSPS) is 10.5. The van der Waals surface area contributed by atoms with Crippen LogP contribution in [0.3, 0.4) is 0 Å². The zero-order valence-electron chi connectivity index (χ0n) is 11.7. The van der Waals surface area contributed by atoms with Gasteiger partial charge in [-0.2, -0.15) is 5.10 Å². The molecule has 0 fully saturated rings. The van der Waals surface area contributed by atoms with E-state index in [1.165, 1.54) is 0 Å². The van der Waals surface area contributed by atoms with Crippen LogP contribution in [0.15, 0.2) is 53.6 Å². The van der Waals surface area contributed by atoms with Crippen LogP contribution in [0.5, 0.6) is 5.75 Å². The second-order valence-corrected chi connectivity index (χ2v) is 4.30. The summed E-state index contributed by atoms with van der Waals surface area (Å²) in [5.41, 5.74) is 9.89. The highest BCUT2D eigenvalue weighted by Crippen LogP contribution is 2.15. The largest absolute Gasteiger partial charge is 0.493 e. The Morgan fingerprint density at radius 1 is 1.29 bits per heavy atom. The fourth-order valence-corrected chi connectivity index (χ4v) is 1.78. The number of hydrogen-bond donors (Lipinski definition) is 2. The van der Waals surface area contributed by atoms with Crippen LogP contribution in [0, 0.1) is 0 Å². The van der Waals surface area contributed by atoms with Crippen LogP contribution in [0.4, 0.5) is 5.69 Å². The molecule has 2 aromatic carbocycles. The minimum Gasteiger partial charge on any atom is -0.493 e. The van der Waals surface area contributed by atoms with Gasteiger partial charge in [0.05, 0.1) is 12.8 Å². The number of nitrogens with zero attached hydrogens (tertiary/aromatic N) is 1. The summed E-state index contributed by atoms with van der Waals surface area (Å²) in [6.07, 6.45) is 1.55. The molecule has 0 aliphatic carbocycles. The quantitative estimate of drug-likeness (QED) is 0.502. The third kappa shape index (κ3) is 4.07. The van der Waals surface area contributed by atoms with Crippen molar-refractivity contribution in [3.05, 3.63) is 59.7 Å². The van der Waals surface area contributed by atoms with Crippen LogP contribution in [-0.4, -0.2) is 18.7 Å². The molecule has 0 saturated heterocycles. The summed E-state index contributed by atoms with van der Waals surface area (Å²) < 4.78 is 5.47. The average Bonchev–Trinajstić information content (AvgIpc) is 2.49. The van der Waals surface area contributed by atoms with Gasteiger partial charge in [-0.3, -0.25) is 4.79 Å². The Balaban J connectivity index is 2.04. The van der Waals surface area contributed by atoms with E-state index in [0.717, 1.165) is 11.3 Å². The molecular formula is C16H17N3O2. The lowest BCUT2D eigenvalue weighted by Crippen LogP contribution is -2.17. The number of ether oxygens (including phenoxy) is 1. The van der Waals surface area contributed by atoms with Crippen molar-refractivity contribution in [2.45, 2.75) is 6.92 Å². The van der Waals surface area contributed by atoms with E-state index in [9.17, 15) is 4.79 Å². The molecule has 0 atom stereocenters. The lowest BCUT2D eigenvalue weighted by Gasteiger charge is -2.06. The Kier molecular flexibility index (Phi) is 4.93. The lowest BCUT2D eigenvalue weighted by atomic mass is 10.2. The molecule has 0 spiro atoms. The summed E-state index contributed by atoms with van der Waals surface area (Å²) in [5.74, 6) is 0.411. The monoisotopic (exact) mass is 283 g/mol. The molecule has 1 amide bonds. The predicted molar refractivity (Wildman–Crippen MR) is 83.5 cm³/mol. The maximum Gasteiger partial charge on any atom is 0.271 e. The molecule has 3 N–H and O–H groups in total. The van der Waals surface area contributed by atoms with Crippen molar-refractivity contribution in [1.82, 2.24) is 5.43 Å². The van der Waals surface area contributed by atoms with Crippen LogP contribution in [-0.2, 0) is 0 Å². The maximum absolute atomic E-state index is 11.9. The van der Waals surface area contributed by atoms with Crippen LogP contribution in [0.1, 0.15) is 22.8 Å². The van der Waals surface area contributed by atoms with E-state index in [1.807, 2.05) is 31.2 Å². The third-order valence-electron chi connectivity index (χ3n) is 2.74. The lowest BCUT2D eigenvalue weighted by molar-refractivity contribution is 0.0955. The van der Waals surface area contributed by atoms with E-state index < -0.39 is 0 Å². The van der Waals surface area contributed by atoms with Gasteiger partial charge in [0.2, 0.25) is 0 Å². The van der Waals surface area contributed by atoms with Crippen LogP contribution < -0.4 is 15.9 Å². The van der Waals surface area contributed by atoms with Crippen molar-refractivity contribution in [2.75, 3.05) is 12.3 Å². The van der Waals surface area contributed by atoms with Crippen molar-refractivity contribution < 1.29 is 9.53 Å². The number of nitrogen functional groups attached to an aromatic ring is 1. The number of carbonyl (C=O) groups excluding carboxylic acids is 1. The van der Waals surface area contributed by atoms with E-state index in [1.54, 1.807) is 30.5 Å². The number of nitrogens with two attached hydrogens (primary N) is 1. The minimum atomic E-state index is -0.313. The number of benzene rings is 2. The zero-order chi connectivity index (χ0) is 15.1. The highest BCUT2D eigenvalue weighted by atomic mass is 16.5. The first-order valence-electron chi connectivity index (χ1n) is 6.61. The minimum absolute atomic E-state index is 0.313. The van der Waals surface area contributed by atoms with E-state index in [2.05, 4.69) is 10.5 Å². The molecule has 0 unspecified atom stereocenters. The number of para-hydroxylation sites is 1. The molecule has 0 aromatic heterocycles. The fourth-order valence-electron chi connectivity index (χ4n) is 1.78. The fraction of sp³-hybridized carbons (Fsp3) is 0.125. The van der Waals surface area contributed by atoms with Gasteiger partial charge >= 0.3 is 0 Å². The van der Waals surface area contributed by atoms with Crippen LogP contribution in [0.2, 0.25) is 0 Å². The van der Waals surface area contributed by atoms with Gasteiger partial charge in [0.15, 0.2) is 0 Å². The molecule has 5 heteroatoms. The second-order valence-electron chi connectivity index (χ2n) is 4.30. The smallest absolute Gasteiger partial charge is 0.271 e. The third-order valence-corrected chi connectivity index (χ3v) is 2.74. The summed E-state index contributed by atoms with van der Waals surface area (Å²) in [7, 11) is 0. The SMILES string of the molecule is CCOc1ccccc1/C=N\NC(=O)c1cccc(N)c1. The van der Waals surface area contributed by atoms with Crippen molar-refractivity contribution in [3.8, 4) is 5.75 Å². The summed E-state index contributed by atoms with van der Waals surface area (Å²) in [6, 6.07) is 14.2. The van der Waals surface area contributed by atoms with Gasteiger partial charge in [-0.25, -0.2) is 5.43 Å². The van der Waals surface area contributed by atoms with E-state index in [-0.39, 0.29) is 5.91 Å². The van der Waals surface area contributed by atoms with Crippen molar-refractivity contribution in [2.24, 2.45) is 5.10 Å². The van der Waals surface area contributed by atoms with Crippen LogP contribution >= 0.6 is 0 Å². The number of carbonyl (C=O) groups is 1. The van der Waals surface area contributed by atoms with Crippen LogP contribution in [0.25, 0.3) is 0 Å². The molecule has 2 aromatic rings. The van der Waals surface area contributed by atoms with Gasteiger partial charge in [-0.1, -0.05) is 18.2 Å². The Morgan fingerprint density at radius 2 is 2.10 bits per heavy atom. The van der Waals surface area contributed by atoms with Crippen molar-refractivity contribution in [3.63, 3.8) is 0 Å². The molecule has 0 aliphatic rings. The number of hydrogen-bond acceptors (Lipinski definition) is 4. The molecule has 0 aliphatic heterocycles. The first kappa shape index (κ1) is 14.6. The van der Waals surface area contributed by atoms with Gasteiger partial charge in [0, 0.05) is 16.8 Å². The van der Waals surface area contributed by atoms with Gasteiger partial charge in [0.25, 0.3) is 5.91 Å². The van der Waals surface area contributed by atoms with E-state index in [4.69, 9.17) is 10.5 Å². The van der Waals surface area contributed by atoms with E-state index >= 15 is 0 Å². The first-order valence-corrected chi connectivity index (χ1v) is 6.61. The summed E-state index contributed by atoms with van der Waals surface area (Å²) in [5, 5.41) is 3.95. The number of nitrogens with one attached hydrogen (secondary N) is 1. The standard InChI is InChI=1S/C16H17N3O2/c1-2-21-15-9-4-3-6-13(15)11-18-19-16(20)12-7-5-8-14(17)10-12/h3-11H,2,17H2,1H3,(H,19,20)/b18-11-. The maximum atomic E-state index is 11.9. The Hall–Kier alpha value is -2.82. The van der Waals surface area contributed by atoms with Crippen molar-refractivity contribution in [1.29, 1.82) is 0 Å². The molecule has 0 heterocycles. The molecule has 5 nitrogen and oxygen atoms in total. The molecule has 0 saturated carbocycles. The Labute approximate surface area is 123 Å². The number of anilines is 1. The molecular weight excluding hydrogens is 266 g/mol. The molecule has 2 rings (SSSR count). The van der Waals surface area contributed by atoms with E-state index in [0.29, 0.717) is 17.9 Å². The summed E-state index contributed by atoms with van der Waals surface area (Å²) >= 11 is 0. The summed E-state index contributed by atoms with van der Waals surface area (Å²) in [6.45, 7) is 2.48. The molecule has 21 heavy (non-hydrogen) atoms. The van der Waals surface area contributed by atoms with Gasteiger partial charge < -0.3 is 10.5 Å². The zero-order valence-corrected chi connectivity index (χ0v) is 11.7. The number of hydrazone groups is 1. The topological polar surface area (TPSA) is 76.7 Å². The highest BCUT2D eigenvalue weighted by Gasteiger charge is 2.04. The first-order chi connectivity index (χ1) is 10.2. The van der Waals surface area contributed by atoms with Gasteiger partial charge in [-0.15, -0.1) is 0 Å². The average molecular weight is 283 g/mol. The number of rotatable bonds is 5. The second kappa shape index (κ2) is 7.09.